The van der Waals surface area contributed by atoms with Crippen molar-refractivity contribution in [3.63, 3.8) is 0 Å². The zero-order chi connectivity index (χ0) is 21.1. The van der Waals surface area contributed by atoms with Crippen molar-refractivity contribution in [3.05, 3.63) is 94.0 Å². The summed E-state index contributed by atoms with van der Waals surface area (Å²) in [6.45, 7) is 0.0450. The summed E-state index contributed by atoms with van der Waals surface area (Å²) in [5, 5.41) is 1.70. The fraction of sp³-hybridized carbons (Fsp3) is 0.0833. The van der Waals surface area contributed by atoms with Crippen LogP contribution in [0.15, 0.2) is 72.8 Å². The monoisotopic (exact) mass is 437 g/mol. The Morgan fingerprint density at radius 3 is 2.47 bits per heavy atom. The average Bonchev–Trinajstić information content (AvgIpc) is 2.77. The lowest BCUT2D eigenvalue weighted by Crippen LogP contribution is -2.07. The van der Waals surface area contributed by atoms with Crippen molar-refractivity contribution in [2.75, 3.05) is 7.11 Å². The molecule has 1 aromatic heterocycles. The van der Waals surface area contributed by atoms with Crippen LogP contribution in [0, 0.1) is 0 Å². The first-order chi connectivity index (χ1) is 14.5. The Morgan fingerprint density at radius 2 is 1.73 bits per heavy atom. The standard InChI is InChI=1S/C24H17Cl2NO3/c1-29-18-10-7-15(8-11-18)23-13-20(19-4-2-3-5-22(19)27-23)24(28)30-14-16-6-9-17(25)12-21(16)26/h2-13H,14H2,1H3. The van der Waals surface area contributed by atoms with E-state index in [-0.39, 0.29) is 6.61 Å². The summed E-state index contributed by atoms with van der Waals surface area (Å²) in [6.07, 6.45) is 0. The number of carbonyl (C=O) groups is 1. The Hall–Kier alpha value is -3.08. The highest BCUT2D eigenvalue weighted by molar-refractivity contribution is 6.35. The molecule has 0 saturated carbocycles. The molecule has 0 aliphatic heterocycles. The minimum absolute atomic E-state index is 0.0450. The molecule has 0 saturated heterocycles. The Kier molecular flexibility index (Phi) is 5.88. The SMILES string of the molecule is COc1ccc(-c2cc(C(=O)OCc3ccc(Cl)cc3Cl)c3ccccc3n2)cc1. The van der Waals surface area contributed by atoms with Gasteiger partial charge in [0, 0.05) is 26.6 Å². The third kappa shape index (κ3) is 4.25. The van der Waals surface area contributed by atoms with Crippen molar-refractivity contribution in [2.24, 2.45) is 0 Å². The van der Waals surface area contributed by atoms with E-state index in [2.05, 4.69) is 0 Å². The maximum atomic E-state index is 13.0. The van der Waals surface area contributed by atoms with Gasteiger partial charge in [-0.3, -0.25) is 0 Å². The topological polar surface area (TPSA) is 48.4 Å². The van der Waals surface area contributed by atoms with Crippen LogP contribution in [0.3, 0.4) is 0 Å². The van der Waals surface area contributed by atoms with Gasteiger partial charge in [-0.2, -0.15) is 0 Å². The number of rotatable bonds is 5. The Balaban J connectivity index is 1.68. The van der Waals surface area contributed by atoms with Crippen molar-refractivity contribution < 1.29 is 14.3 Å². The molecule has 4 nitrogen and oxygen atoms in total. The molecule has 0 fully saturated rings. The molecular formula is C24H17Cl2NO3. The molecule has 0 amide bonds. The summed E-state index contributed by atoms with van der Waals surface area (Å²) < 4.78 is 10.8. The van der Waals surface area contributed by atoms with Crippen LogP contribution >= 0.6 is 23.2 Å². The number of halogens is 2. The highest BCUT2D eigenvalue weighted by Crippen LogP contribution is 2.28. The number of ether oxygens (including phenoxy) is 2. The van der Waals surface area contributed by atoms with Crippen LogP contribution in [-0.4, -0.2) is 18.1 Å². The smallest absolute Gasteiger partial charge is 0.339 e. The summed E-state index contributed by atoms with van der Waals surface area (Å²) in [7, 11) is 1.62. The van der Waals surface area contributed by atoms with Gasteiger partial charge in [0.2, 0.25) is 0 Å². The molecule has 0 unspecified atom stereocenters. The first-order valence-corrected chi connectivity index (χ1v) is 9.96. The number of para-hydroxylation sites is 1. The van der Waals surface area contributed by atoms with Gasteiger partial charge in [0.15, 0.2) is 0 Å². The Bertz CT molecular complexity index is 1220. The second-order valence-electron chi connectivity index (χ2n) is 6.61. The Morgan fingerprint density at radius 1 is 0.967 bits per heavy atom. The zero-order valence-corrected chi connectivity index (χ0v) is 17.6. The van der Waals surface area contributed by atoms with Gasteiger partial charge < -0.3 is 9.47 Å². The highest BCUT2D eigenvalue weighted by Gasteiger charge is 2.16. The van der Waals surface area contributed by atoms with Crippen LogP contribution in [0.2, 0.25) is 10.0 Å². The predicted octanol–water partition coefficient (Wildman–Crippen LogP) is 6.57. The molecule has 4 rings (SSSR count). The number of pyridine rings is 1. The average molecular weight is 438 g/mol. The molecular weight excluding hydrogens is 421 g/mol. The Labute approximate surface area is 184 Å². The molecule has 0 atom stereocenters. The second-order valence-corrected chi connectivity index (χ2v) is 7.46. The van der Waals surface area contributed by atoms with Gasteiger partial charge in [-0.15, -0.1) is 0 Å². The van der Waals surface area contributed by atoms with Gasteiger partial charge in [0.05, 0.1) is 23.9 Å². The number of hydrogen-bond donors (Lipinski definition) is 0. The van der Waals surface area contributed by atoms with Crippen LogP contribution < -0.4 is 4.74 Å². The van der Waals surface area contributed by atoms with Gasteiger partial charge in [-0.05, 0) is 48.5 Å². The van der Waals surface area contributed by atoms with Crippen LogP contribution in [0.25, 0.3) is 22.2 Å². The normalized spacial score (nSPS) is 10.8. The van der Waals surface area contributed by atoms with Crippen LogP contribution in [-0.2, 0) is 11.3 Å². The van der Waals surface area contributed by atoms with Gasteiger partial charge in [0.25, 0.3) is 0 Å². The number of nitrogens with zero attached hydrogens (tertiary/aromatic N) is 1. The molecule has 0 radical (unpaired) electrons. The van der Waals surface area contributed by atoms with E-state index in [1.165, 1.54) is 0 Å². The third-order valence-electron chi connectivity index (χ3n) is 4.70. The summed E-state index contributed by atoms with van der Waals surface area (Å²) in [6, 6.07) is 21.8. The lowest BCUT2D eigenvalue weighted by atomic mass is 10.0. The molecule has 0 aliphatic carbocycles. The molecule has 6 heteroatoms. The number of fused-ring (bicyclic) bond motifs is 1. The highest BCUT2D eigenvalue weighted by atomic mass is 35.5. The summed E-state index contributed by atoms with van der Waals surface area (Å²) in [4.78, 5) is 17.7. The number of methoxy groups -OCH3 is 1. The molecule has 3 aromatic carbocycles. The quantitative estimate of drug-likeness (QED) is 0.331. The lowest BCUT2D eigenvalue weighted by Gasteiger charge is -2.11. The first kappa shape index (κ1) is 20.2. The van der Waals surface area contributed by atoms with Crippen LogP contribution in [0.5, 0.6) is 5.75 Å². The fourth-order valence-electron chi connectivity index (χ4n) is 3.11. The third-order valence-corrected chi connectivity index (χ3v) is 5.28. The number of hydrogen-bond acceptors (Lipinski definition) is 4. The predicted molar refractivity (Wildman–Crippen MR) is 119 cm³/mol. The maximum Gasteiger partial charge on any atom is 0.339 e. The van der Waals surface area contributed by atoms with Crippen molar-refractivity contribution in [2.45, 2.75) is 6.61 Å². The lowest BCUT2D eigenvalue weighted by molar-refractivity contribution is 0.0475. The number of benzene rings is 3. The van der Waals surface area contributed by atoms with Crippen molar-refractivity contribution in [3.8, 4) is 17.0 Å². The van der Waals surface area contributed by atoms with E-state index in [1.807, 2.05) is 48.5 Å². The second kappa shape index (κ2) is 8.74. The van der Waals surface area contributed by atoms with E-state index in [4.69, 9.17) is 37.7 Å². The molecule has 0 N–H and O–H groups in total. The van der Waals surface area contributed by atoms with Gasteiger partial charge >= 0.3 is 5.97 Å². The molecule has 0 bridgehead atoms. The van der Waals surface area contributed by atoms with Gasteiger partial charge in [-0.1, -0.05) is 47.5 Å². The first-order valence-electron chi connectivity index (χ1n) is 9.20. The minimum Gasteiger partial charge on any atom is -0.497 e. The largest absolute Gasteiger partial charge is 0.497 e. The van der Waals surface area contributed by atoms with E-state index >= 15 is 0 Å². The molecule has 0 spiro atoms. The number of carbonyl (C=O) groups excluding carboxylic acids is 1. The maximum absolute atomic E-state index is 13.0. The van der Waals surface area contributed by atoms with Crippen LogP contribution in [0.1, 0.15) is 15.9 Å². The van der Waals surface area contributed by atoms with E-state index in [9.17, 15) is 4.79 Å². The van der Waals surface area contributed by atoms with E-state index in [0.29, 0.717) is 32.4 Å². The van der Waals surface area contributed by atoms with Crippen LogP contribution in [0.4, 0.5) is 0 Å². The molecule has 4 aromatic rings. The molecule has 0 aliphatic rings. The van der Waals surface area contributed by atoms with E-state index in [0.717, 1.165) is 16.7 Å². The summed E-state index contributed by atoms with van der Waals surface area (Å²) in [5.74, 6) is 0.299. The number of aromatic nitrogens is 1. The molecule has 1 heterocycles. The molecule has 30 heavy (non-hydrogen) atoms. The van der Waals surface area contributed by atoms with Crippen molar-refractivity contribution >= 4 is 40.1 Å². The zero-order valence-electron chi connectivity index (χ0n) is 16.1. The fourth-order valence-corrected chi connectivity index (χ4v) is 3.58. The van der Waals surface area contributed by atoms with E-state index < -0.39 is 5.97 Å². The van der Waals surface area contributed by atoms with Gasteiger partial charge in [-0.25, -0.2) is 9.78 Å². The molecule has 150 valence electrons. The van der Waals surface area contributed by atoms with E-state index in [1.54, 1.807) is 31.4 Å². The minimum atomic E-state index is -0.450. The summed E-state index contributed by atoms with van der Waals surface area (Å²) >= 11 is 12.1. The van der Waals surface area contributed by atoms with Crippen molar-refractivity contribution in [1.82, 2.24) is 4.98 Å². The van der Waals surface area contributed by atoms with Crippen molar-refractivity contribution in [1.29, 1.82) is 0 Å². The van der Waals surface area contributed by atoms with Gasteiger partial charge in [0.1, 0.15) is 12.4 Å². The summed E-state index contributed by atoms with van der Waals surface area (Å²) in [5.41, 5.74) is 3.38. The number of esters is 1.